The Morgan fingerprint density at radius 3 is 2.75 bits per heavy atom. The van der Waals surface area contributed by atoms with Gasteiger partial charge in [0.05, 0.1) is 0 Å². The predicted octanol–water partition coefficient (Wildman–Crippen LogP) is -2.17. The van der Waals surface area contributed by atoms with E-state index < -0.39 is 0 Å². The van der Waals surface area contributed by atoms with Crippen molar-refractivity contribution >= 4 is 5.78 Å². The van der Waals surface area contributed by atoms with Gasteiger partial charge in [-0.05, 0) is 0 Å². The number of hydrogen-bond donors (Lipinski definition) is 0. The number of ketones is 1. The second kappa shape index (κ2) is 2.80. The molecule has 2 heteroatoms. The van der Waals surface area contributed by atoms with Crippen molar-refractivity contribution in [2.24, 2.45) is 0 Å². The van der Waals surface area contributed by atoms with Crippen molar-refractivity contribution in [1.82, 2.24) is 0 Å². The van der Waals surface area contributed by atoms with E-state index >= 15 is 0 Å². The van der Waals surface area contributed by atoms with Gasteiger partial charge in [-0.15, -0.1) is 0 Å². The Bertz CT molecular complexity index is 101. The standard InChI is InChI=1S/C6H10IO/c1-7-5-3-2-4-6(5)8/h5H,2-4H2,1H3/q-1/t5-/m0/s1. The topological polar surface area (TPSA) is 17.1 Å². The molecule has 0 N–H and O–H groups in total. The molecule has 0 radical (unpaired) electrons. The van der Waals surface area contributed by atoms with E-state index in [2.05, 4.69) is 4.93 Å². The molecule has 0 aromatic carbocycles. The summed E-state index contributed by atoms with van der Waals surface area (Å²) in [4.78, 5) is 13.0. The van der Waals surface area contributed by atoms with Crippen molar-refractivity contribution in [2.75, 3.05) is 4.93 Å². The zero-order chi connectivity index (χ0) is 5.98. The van der Waals surface area contributed by atoms with Gasteiger partial charge in [-0.1, -0.05) is 0 Å². The SMILES string of the molecule is C[I-][C@H]1CCCC1=O. The minimum atomic E-state index is 0.214. The van der Waals surface area contributed by atoms with Gasteiger partial charge in [0.2, 0.25) is 0 Å². The number of alkyl halides is 2. The van der Waals surface area contributed by atoms with E-state index in [4.69, 9.17) is 0 Å². The first-order chi connectivity index (χ1) is 3.84. The minimum absolute atomic E-state index is 0.214. The molecule has 1 rings (SSSR count). The van der Waals surface area contributed by atoms with Crippen LogP contribution in [0.5, 0.6) is 0 Å². The maximum atomic E-state index is 10.8. The summed E-state index contributed by atoms with van der Waals surface area (Å²) in [5, 5.41) is 0. The quantitative estimate of drug-likeness (QED) is 0.366. The molecule has 0 bridgehead atoms. The zero-order valence-corrected chi connectivity index (χ0v) is 7.14. The molecule has 0 aromatic rings. The molecule has 1 atom stereocenters. The van der Waals surface area contributed by atoms with Crippen LogP contribution >= 0.6 is 0 Å². The van der Waals surface area contributed by atoms with Gasteiger partial charge in [0.25, 0.3) is 0 Å². The second-order valence-corrected chi connectivity index (χ2v) is 4.79. The molecule has 0 aromatic heterocycles. The molecule has 0 heterocycles. The van der Waals surface area contributed by atoms with Crippen LogP contribution in [0.2, 0.25) is 0 Å². The molecule has 1 saturated carbocycles. The van der Waals surface area contributed by atoms with Crippen LogP contribution < -0.4 is 21.2 Å². The summed E-state index contributed by atoms with van der Waals surface area (Å²) in [7, 11) is 0. The van der Waals surface area contributed by atoms with E-state index in [0.29, 0.717) is 9.71 Å². The van der Waals surface area contributed by atoms with Crippen LogP contribution in [0, 0.1) is 0 Å². The normalized spacial score (nSPS) is 29.6. The first kappa shape index (κ1) is 6.52. The molecule has 1 aliphatic rings. The summed E-state index contributed by atoms with van der Waals surface area (Å²) in [5.74, 6) is 0.542. The molecule has 0 amide bonds. The summed E-state index contributed by atoms with van der Waals surface area (Å²) in [5.41, 5.74) is 0. The van der Waals surface area contributed by atoms with E-state index in [1.807, 2.05) is 0 Å². The summed E-state index contributed by atoms with van der Waals surface area (Å²) >= 11 is 0.214. The molecule has 48 valence electrons. The van der Waals surface area contributed by atoms with E-state index in [1.54, 1.807) is 0 Å². The Morgan fingerprint density at radius 1 is 1.75 bits per heavy atom. The molecule has 0 unspecified atom stereocenters. The average molecular weight is 225 g/mol. The zero-order valence-electron chi connectivity index (χ0n) is 4.98. The molecule has 1 fully saturated rings. The van der Waals surface area contributed by atoms with Crippen molar-refractivity contribution in [1.29, 1.82) is 0 Å². The molecule has 0 saturated heterocycles. The Hall–Kier alpha value is 0.400. The van der Waals surface area contributed by atoms with Crippen molar-refractivity contribution in [3.63, 3.8) is 0 Å². The number of carbonyl (C=O) groups is 1. The third-order valence-corrected chi connectivity index (χ3v) is 4.31. The summed E-state index contributed by atoms with van der Waals surface area (Å²) in [6.45, 7) is 0. The second-order valence-electron chi connectivity index (χ2n) is 2.04. The van der Waals surface area contributed by atoms with Crippen LogP contribution in [0.4, 0.5) is 0 Å². The van der Waals surface area contributed by atoms with Crippen molar-refractivity contribution in [2.45, 2.75) is 23.2 Å². The van der Waals surface area contributed by atoms with Crippen molar-refractivity contribution < 1.29 is 26.0 Å². The molecule has 0 spiro atoms. The van der Waals surface area contributed by atoms with Gasteiger partial charge in [0, 0.05) is 0 Å². The molecular formula is C6H10IO-. The maximum absolute atomic E-state index is 10.8. The van der Waals surface area contributed by atoms with Crippen LogP contribution in [0.1, 0.15) is 19.3 Å². The summed E-state index contributed by atoms with van der Waals surface area (Å²) < 4.78 is 0.536. The van der Waals surface area contributed by atoms with Crippen LogP contribution in [0.3, 0.4) is 0 Å². The number of halogens is 1. The molecular weight excluding hydrogens is 215 g/mol. The fourth-order valence-electron chi connectivity index (χ4n) is 1.00. The third-order valence-electron chi connectivity index (χ3n) is 1.49. The molecule has 1 aliphatic carbocycles. The van der Waals surface area contributed by atoms with Crippen molar-refractivity contribution in [3.8, 4) is 0 Å². The van der Waals surface area contributed by atoms with Gasteiger partial charge >= 0.3 is 59.9 Å². The molecule has 1 nitrogen and oxygen atoms in total. The Balaban J connectivity index is 2.42. The van der Waals surface area contributed by atoms with Gasteiger partial charge in [0.15, 0.2) is 0 Å². The van der Waals surface area contributed by atoms with Crippen LogP contribution in [-0.2, 0) is 4.79 Å². The number of hydrogen-bond acceptors (Lipinski definition) is 1. The van der Waals surface area contributed by atoms with Gasteiger partial charge in [-0.3, -0.25) is 0 Å². The predicted molar refractivity (Wildman–Crippen MR) is 28.6 cm³/mol. The fourth-order valence-corrected chi connectivity index (χ4v) is 3.07. The third kappa shape index (κ3) is 1.21. The average Bonchev–Trinajstić information content (AvgIpc) is 2.14. The Kier molecular flexibility index (Phi) is 2.28. The fraction of sp³-hybridized carbons (Fsp3) is 0.833. The van der Waals surface area contributed by atoms with Gasteiger partial charge in [-0.2, -0.15) is 0 Å². The monoisotopic (exact) mass is 225 g/mol. The van der Waals surface area contributed by atoms with Crippen LogP contribution in [0.25, 0.3) is 0 Å². The summed E-state index contributed by atoms with van der Waals surface area (Å²) in [6.07, 6.45) is 3.23. The number of Topliss-reactive ketones (excluding diaryl/α,β-unsaturated/α-hetero) is 1. The van der Waals surface area contributed by atoms with E-state index in [1.165, 1.54) is 6.42 Å². The first-order valence-electron chi connectivity index (χ1n) is 2.85. The van der Waals surface area contributed by atoms with Gasteiger partial charge in [-0.25, -0.2) is 0 Å². The van der Waals surface area contributed by atoms with E-state index in [9.17, 15) is 4.79 Å². The molecule has 8 heavy (non-hydrogen) atoms. The van der Waals surface area contributed by atoms with E-state index in [-0.39, 0.29) is 21.2 Å². The van der Waals surface area contributed by atoms with Crippen molar-refractivity contribution in [3.05, 3.63) is 0 Å². The van der Waals surface area contributed by atoms with Gasteiger partial charge < -0.3 is 0 Å². The Labute approximate surface area is 60.1 Å². The molecule has 0 aliphatic heterocycles. The van der Waals surface area contributed by atoms with Gasteiger partial charge in [0.1, 0.15) is 0 Å². The number of rotatable bonds is 1. The summed E-state index contributed by atoms with van der Waals surface area (Å²) in [6, 6.07) is 0. The van der Waals surface area contributed by atoms with E-state index in [0.717, 1.165) is 12.8 Å². The first-order valence-corrected chi connectivity index (χ1v) is 6.25. The van der Waals surface area contributed by atoms with Crippen LogP contribution in [0.15, 0.2) is 0 Å². The number of carbonyl (C=O) groups excluding carboxylic acids is 1. The Morgan fingerprint density at radius 2 is 2.50 bits per heavy atom. The van der Waals surface area contributed by atoms with Crippen LogP contribution in [-0.4, -0.2) is 14.6 Å².